The molecular weight excluding hydrogens is 258 g/mol. The molecule has 3 heteroatoms. The van der Waals surface area contributed by atoms with E-state index < -0.39 is 0 Å². The summed E-state index contributed by atoms with van der Waals surface area (Å²) in [6.45, 7) is 2.50. The van der Waals surface area contributed by atoms with Crippen molar-refractivity contribution >= 4 is 11.6 Å². The molecule has 2 rings (SSSR count). The summed E-state index contributed by atoms with van der Waals surface area (Å²) in [5.41, 5.74) is 8.30. The Bertz CT molecular complexity index is 528. The van der Waals surface area contributed by atoms with E-state index in [-0.39, 0.29) is 6.04 Å². The number of halogens is 1. The molecule has 1 atom stereocenters. The fraction of sp³-hybridized carbons (Fsp3) is 0.250. The summed E-state index contributed by atoms with van der Waals surface area (Å²) in [7, 11) is 0. The summed E-state index contributed by atoms with van der Waals surface area (Å²) in [5.74, 6) is 0.841. The molecule has 1 unspecified atom stereocenters. The first-order valence-electron chi connectivity index (χ1n) is 6.33. The predicted octanol–water partition coefficient (Wildman–Crippen LogP) is 3.60. The van der Waals surface area contributed by atoms with Gasteiger partial charge < -0.3 is 10.5 Å². The maximum atomic E-state index is 6.19. The zero-order chi connectivity index (χ0) is 13.7. The van der Waals surface area contributed by atoms with Gasteiger partial charge in [-0.1, -0.05) is 41.9 Å². The van der Waals surface area contributed by atoms with Crippen molar-refractivity contribution in [1.82, 2.24) is 0 Å². The van der Waals surface area contributed by atoms with E-state index in [9.17, 15) is 0 Å². The van der Waals surface area contributed by atoms with E-state index >= 15 is 0 Å². The molecule has 0 amide bonds. The summed E-state index contributed by atoms with van der Waals surface area (Å²) in [6, 6.07) is 15.7. The lowest BCUT2D eigenvalue weighted by Gasteiger charge is -2.14. The number of hydrogen-bond acceptors (Lipinski definition) is 2. The minimum absolute atomic E-state index is 0.0691. The minimum Gasteiger partial charge on any atom is -0.492 e. The zero-order valence-corrected chi connectivity index (χ0v) is 11.7. The number of hydrogen-bond donors (Lipinski definition) is 1. The molecule has 0 aliphatic carbocycles. The average molecular weight is 276 g/mol. The molecule has 0 bridgehead atoms. The Hall–Kier alpha value is -1.51. The number of ether oxygens (including phenoxy) is 1. The second-order valence-corrected chi connectivity index (χ2v) is 5.09. The third kappa shape index (κ3) is 4.27. The molecule has 0 fully saturated rings. The van der Waals surface area contributed by atoms with E-state index in [1.54, 1.807) is 0 Å². The largest absolute Gasteiger partial charge is 0.492 e. The van der Waals surface area contributed by atoms with E-state index in [1.807, 2.05) is 55.5 Å². The van der Waals surface area contributed by atoms with Gasteiger partial charge in [0.1, 0.15) is 12.4 Å². The van der Waals surface area contributed by atoms with Crippen molar-refractivity contribution < 1.29 is 4.74 Å². The smallest absolute Gasteiger partial charge is 0.119 e. The molecule has 0 saturated carbocycles. The third-order valence-corrected chi connectivity index (χ3v) is 3.25. The predicted molar refractivity (Wildman–Crippen MR) is 79.8 cm³/mol. The van der Waals surface area contributed by atoms with Crippen LogP contribution in [0.1, 0.15) is 11.1 Å². The van der Waals surface area contributed by atoms with Crippen LogP contribution in [-0.4, -0.2) is 12.6 Å². The Morgan fingerprint density at radius 1 is 1.16 bits per heavy atom. The van der Waals surface area contributed by atoms with Gasteiger partial charge in [-0.15, -0.1) is 0 Å². The Morgan fingerprint density at radius 3 is 2.58 bits per heavy atom. The molecule has 0 spiro atoms. The fourth-order valence-corrected chi connectivity index (χ4v) is 2.19. The first-order valence-corrected chi connectivity index (χ1v) is 6.71. The van der Waals surface area contributed by atoms with E-state index in [0.717, 1.165) is 21.9 Å². The van der Waals surface area contributed by atoms with E-state index in [0.29, 0.717) is 13.0 Å². The van der Waals surface area contributed by atoms with Gasteiger partial charge in [0, 0.05) is 11.1 Å². The monoisotopic (exact) mass is 275 g/mol. The van der Waals surface area contributed by atoms with Crippen LogP contribution in [0.2, 0.25) is 5.02 Å². The van der Waals surface area contributed by atoms with Gasteiger partial charge in [-0.2, -0.15) is 0 Å². The van der Waals surface area contributed by atoms with Gasteiger partial charge in [0.2, 0.25) is 0 Å². The number of aryl methyl sites for hydroxylation is 1. The molecule has 0 aromatic heterocycles. The molecule has 19 heavy (non-hydrogen) atoms. The SMILES string of the molecule is Cc1ccc(CC(N)COc2ccccc2)c(Cl)c1. The van der Waals surface area contributed by atoms with Crippen molar-refractivity contribution in [2.75, 3.05) is 6.61 Å². The van der Waals surface area contributed by atoms with E-state index in [4.69, 9.17) is 22.1 Å². The van der Waals surface area contributed by atoms with Crippen molar-refractivity contribution in [3.05, 3.63) is 64.7 Å². The van der Waals surface area contributed by atoms with Gasteiger partial charge >= 0.3 is 0 Å². The number of rotatable bonds is 5. The molecular formula is C16H18ClNO. The fourth-order valence-electron chi connectivity index (χ4n) is 1.88. The van der Waals surface area contributed by atoms with Gasteiger partial charge in [-0.25, -0.2) is 0 Å². The highest BCUT2D eigenvalue weighted by atomic mass is 35.5. The van der Waals surface area contributed by atoms with Crippen molar-refractivity contribution in [3.8, 4) is 5.75 Å². The molecule has 0 aliphatic heterocycles. The molecule has 2 aromatic carbocycles. The van der Waals surface area contributed by atoms with Gasteiger partial charge in [0.05, 0.1) is 0 Å². The molecule has 0 saturated heterocycles. The van der Waals surface area contributed by atoms with Gasteiger partial charge in [0.15, 0.2) is 0 Å². The van der Waals surface area contributed by atoms with E-state index in [1.165, 1.54) is 0 Å². The van der Waals surface area contributed by atoms with Crippen LogP contribution >= 0.6 is 11.6 Å². The maximum absolute atomic E-state index is 6.19. The first kappa shape index (κ1) is 13.9. The summed E-state index contributed by atoms with van der Waals surface area (Å²) in [6.07, 6.45) is 0.714. The van der Waals surface area contributed by atoms with Gasteiger partial charge in [-0.3, -0.25) is 0 Å². The molecule has 2 aromatic rings. The highest BCUT2D eigenvalue weighted by molar-refractivity contribution is 6.31. The van der Waals surface area contributed by atoms with E-state index in [2.05, 4.69) is 0 Å². The Kier molecular flexibility index (Phi) is 4.83. The average Bonchev–Trinajstić information content (AvgIpc) is 2.41. The van der Waals surface area contributed by atoms with Crippen LogP contribution in [-0.2, 0) is 6.42 Å². The molecule has 0 aliphatic rings. The summed E-state index contributed by atoms with van der Waals surface area (Å²) < 4.78 is 5.64. The molecule has 2 N–H and O–H groups in total. The van der Waals surface area contributed by atoms with Crippen molar-refractivity contribution in [1.29, 1.82) is 0 Å². The number of nitrogens with two attached hydrogens (primary N) is 1. The molecule has 2 nitrogen and oxygen atoms in total. The van der Waals surface area contributed by atoms with Crippen LogP contribution in [0.15, 0.2) is 48.5 Å². The molecule has 0 heterocycles. The topological polar surface area (TPSA) is 35.2 Å². The molecule has 100 valence electrons. The first-order chi connectivity index (χ1) is 9.15. The second kappa shape index (κ2) is 6.60. The Morgan fingerprint density at radius 2 is 1.89 bits per heavy atom. The highest BCUT2D eigenvalue weighted by Gasteiger charge is 2.08. The van der Waals surface area contributed by atoms with Gasteiger partial charge in [0.25, 0.3) is 0 Å². The van der Waals surface area contributed by atoms with Crippen LogP contribution in [0.5, 0.6) is 5.75 Å². The Balaban J connectivity index is 1.89. The van der Waals surface area contributed by atoms with Crippen molar-refractivity contribution in [2.24, 2.45) is 5.73 Å². The molecule has 0 radical (unpaired) electrons. The number of para-hydroxylation sites is 1. The van der Waals surface area contributed by atoms with Crippen LogP contribution in [0, 0.1) is 6.92 Å². The number of benzene rings is 2. The van der Waals surface area contributed by atoms with Crippen molar-refractivity contribution in [3.63, 3.8) is 0 Å². The summed E-state index contributed by atoms with van der Waals surface area (Å²) in [4.78, 5) is 0. The normalized spacial score (nSPS) is 12.2. The third-order valence-electron chi connectivity index (χ3n) is 2.90. The highest BCUT2D eigenvalue weighted by Crippen LogP contribution is 2.19. The van der Waals surface area contributed by atoms with Gasteiger partial charge in [-0.05, 0) is 42.7 Å². The summed E-state index contributed by atoms with van der Waals surface area (Å²) in [5, 5.41) is 0.773. The van der Waals surface area contributed by atoms with Crippen LogP contribution in [0.3, 0.4) is 0 Å². The Labute approximate surface area is 119 Å². The van der Waals surface area contributed by atoms with Crippen LogP contribution in [0.4, 0.5) is 0 Å². The standard InChI is InChI=1S/C16H18ClNO/c1-12-7-8-13(16(17)9-12)10-14(18)11-19-15-5-3-2-4-6-15/h2-9,14H,10-11,18H2,1H3. The minimum atomic E-state index is -0.0691. The summed E-state index contributed by atoms with van der Waals surface area (Å²) >= 11 is 6.19. The lowest BCUT2D eigenvalue weighted by atomic mass is 10.1. The van der Waals surface area contributed by atoms with Crippen molar-refractivity contribution in [2.45, 2.75) is 19.4 Å². The second-order valence-electron chi connectivity index (χ2n) is 4.68. The zero-order valence-electron chi connectivity index (χ0n) is 11.0. The lowest BCUT2D eigenvalue weighted by Crippen LogP contribution is -2.30. The maximum Gasteiger partial charge on any atom is 0.119 e. The van der Waals surface area contributed by atoms with Crippen LogP contribution < -0.4 is 10.5 Å². The quantitative estimate of drug-likeness (QED) is 0.905. The van der Waals surface area contributed by atoms with Crippen LogP contribution in [0.25, 0.3) is 0 Å². The lowest BCUT2D eigenvalue weighted by molar-refractivity contribution is 0.287.